The maximum absolute atomic E-state index is 10.3. The molecule has 0 unspecified atom stereocenters. The van der Waals surface area contributed by atoms with Crippen LogP contribution in [0.2, 0.25) is 0 Å². The summed E-state index contributed by atoms with van der Waals surface area (Å²) in [5, 5.41) is 10.3. The van der Waals surface area contributed by atoms with E-state index in [-0.39, 0.29) is 11.2 Å². The highest BCUT2D eigenvalue weighted by atomic mass is 16.3. The zero-order valence-corrected chi connectivity index (χ0v) is 13.3. The van der Waals surface area contributed by atoms with Crippen LogP contribution in [0.1, 0.15) is 26.3 Å². The van der Waals surface area contributed by atoms with Gasteiger partial charge >= 0.3 is 0 Å². The number of phenols is 1. The lowest BCUT2D eigenvalue weighted by molar-refractivity contribution is 0.471. The number of benzene rings is 1. The second kappa shape index (κ2) is 5.02. The predicted molar refractivity (Wildman–Crippen MR) is 86.1 cm³/mol. The second-order valence-electron chi connectivity index (χ2n) is 6.44. The molecule has 0 atom stereocenters. The fourth-order valence-electron chi connectivity index (χ4n) is 2.43. The molecular weight excluding hydrogens is 276 g/mol. The van der Waals surface area contributed by atoms with Crippen LogP contribution < -0.4 is 0 Å². The van der Waals surface area contributed by atoms with E-state index in [9.17, 15) is 5.11 Å². The molecule has 1 aromatic carbocycles. The van der Waals surface area contributed by atoms with Gasteiger partial charge in [0.2, 0.25) is 0 Å². The van der Waals surface area contributed by atoms with Crippen LogP contribution in [0.5, 0.6) is 5.75 Å². The Hall–Kier alpha value is -2.56. The Kier molecular flexibility index (Phi) is 3.28. The molecule has 0 radical (unpaired) electrons. The van der Waals surface area contributed by atoms with Crippen molar-refractivity contribution in [3.63, 3.8) is 0 Å². The molecule has 3 aromatic rings. The number of nitrogens with zero attached hydrogens (tertiary/aromatic N) is 4. The minimum absolute atomic E-state index is 0.00637. The van der Waals surface area contributed by atoms with Crippen molar-refractivity contribution in [1.29, 1.82) is 0 Å². The summed E-state index contributed by atoms with van der Waals surface area (Å²) in [6, 6.07) is 5.69. The first-order valence-electron chi connectivity index (χ1n) is 7.23. The normalized spacial score (nSPS) is 11.8. The van der Waals surface area contributed by atoms with E-state index in [0.717, 1.165) is 11.4 Å². The molecule has 5 heteroatoms. The minimum atomic E-state index is 0.00637. The van der Waals surface area contributed by atoms with E-state index in [0.29, 0.717) is 11.5 Å². The number of hydrogen-bond donors (Lipinski definition) is 1. The molecule has 2 aromatic heterocycles. The first-order valence-corrected chi connectivity index (χ1v) is 7.23. The van der Waals surface area contributed by atoms with Crippen LogP contribution in [0, 0.1) is 0 Å². The molecule has 0 amide bonds. The summed E-state index contributed by atoms with van der Waals surface area (Å²) < 4.78 is 3.77. The van der Waals surface area contributed by atoms with Crippen molar-refractivity contribution in [1.82, 2.24) is 19.1 Å². The van der Waals surface area contributed by atoms with Crippen molar-refractivity contribution in [3.05, 3.63) is 48.5 Å². The molecule has 2 heterocycles. The fraction of sp³-hybridized carbons (Fsp3) is 0.294. The molecule has 0 spiro atoms. The lowest BCUT2D eigenvalue weighted by atomic mass is 9.87. The van der Waals surface area contributed by atoms with Crippen LogP contribution in [-0.4, -0.2) is 24.2 Å². The van der Waals surface area contributed by atoms with Gasteiger partial charge in [0.05, 0.1) is 5.69 Å². The highest BCUT2D eigenvalue weighted by Crippen LogP contribution is 2.31. The van der Waals surface area contributed by atoms with E-state index < -0.39 is 0 Å². The maximum atomic E-state index is 10.3. The van der Waals surface area contributed by atoms with Crippen LogP contribution in [0.25, 0.3) is 17.3 Å². The molecule has 3 rings (SSSR count). The molecule has 0 aliphatic rings. The van der Waals surface area contributed by atoms with Crippen molar-refractivity contribution in [2.24, 2.45) is 7.05 Å². The summed E-state index contributed by atoms with van der Waals surface area (Å²) in [6.45, 7) is 6.45. The molecule has 5 nitrogen and oxygen atoms in total. The van der Waals surface area contributed by atoms with Gasteiger partial charge < -0.3 is 9.67 Å². The third-order valence-electron chi connectivity index (χ3n) is 3.76. The number of phenolic OH excluding ortho intramolecular Hbond substituents is 1. The molecular formula is C17H20N4O. The van der Waals surface area contributed by atoms with Gasteiger partial charge in [-0.25, -0.2) is 9.97 Å². The lowest BCUT2D eigenvalue weighted by Gasteiger charge is -2.21. The van der Waals surface area contributed by atoms with Gasteiger partial charge in [-0.1, -0.05) is 26.8 Å². The Bertz CT molecular complexity index is 808. The highest BCUT2D eigenvalue weighted by Gasteiger charge is 2.18. The summed E-state index contributed by atoms with van der Waals surface area (Å²) in [6.07, 6.45) is 7.16. The van der Waals surface area contributed by atoms with E-state index in [4.69, 9.17) is 0 Å². The summed E-state index contributed by atoms with van der Waals surface area (Å²) in [4.78, 5) is 8.74. The first-order chi connectivity index (χ1) is 10.4. The molecule has 0 aliphatic heterocycles. The summed E-state index contributed by atoms with van der Waals surface area (Å²) in [5.41, 5.74) is 1.87. The average molecular weight is 296 g/mol. The number of aryl methyl sites for hydroxylation is 1. The Morgan fingerprint density at radius 1 is 1.00 bits per heavy atom. The van der Waals surface area contributed by atoms with Crippen LogP contribution in [0.15, 0.2) is 43.0 Å². The molecule has 0 bridgehead atoms. The van der Waals surface area contributed by atoms with Crippen LogP contribution in [0.4, 0.5) is 0 Å². The van der Waals surface area contributed by atoms with E-state index in [2.05, 4.69) is 30.7 Å². The predicted octanol–water partition coefficient (Wildman–Crippen LogP) is 3.28. The molecule has 0 saturated heterocycles. The minimum Gasteiger partial charge on any atom is -0.506 e. The van der Waals surface area contributed by atoms with E-state index >= 15 is 0 Å². The number of imidazole rings is 2. The number of aromatic hydroxyl groups is 1. The lowest BCUT2D eigenvalue weighted by Crippen LogP contribution is -2.12. The van der Waals surface area contributed by atoms with Gasteiger partial charge in [0, 0.05) is 31.8 Å². The van der Waals surface area contributed by atoms with Gasteiger partial charge in [-0.2, -0.15) is 0 Å². The van der Waals surface area contributed by atoms with Crippen molar-refractivity contribution in [2.45, 2.75) is 26.2 Å². The van der Waals surface area contributed by atoms with Crippen LogP contribution in [-0.2, 0) is 12.5 Å². The molecule has 0 aliphatic carbocycles. The summed E-state index contributed by atoms with van der Waals surface area (Å²) in [7, 11) is 1.92. The number of rotatable bonds is 2. The van der Waals surface area contributed by atoms with Gasteiger partial charge in [0.1, 0.15) is 5.75 Å². The smallest absolute Gasteiger partial charge is 0.181 e. The van der Waals surface area contributed by atoms with Crippen molar-refractivity contribution >= 4 is 0 Å². The molecule has 0 fully saturated rings. The van der Waals surface area contributed by atoms with Gasteiger partial charge in [0.25, 0.3) is 0 Å². The van der Waals surface area contributed by atoms with E-state index in [1.807, 2.05) is 40.7 Å². The van der Waals surface area contributed by atoms with Crippen molar-refractivity contribution < 1.29 is 5.11 Å². The maximum Gasteiger partial charge on any atom is 0.181 e. The van der Waals surface area contributed by atoms with Gasteiger partial charge in [-0.05, 0) is 23.1 Å². The second-order valence-corrected chi connectivity index (χ2v) is 6.44. The van der Waals surface area contributed by atoms with Crippen LogP contribution >= 0.6 is 0 Å². The Morgan fingerprint density at radius 2 is 1.68 bits per heavy atom. The Labute approximate surface area is 129 Å². The van der Waals surface area contributed by atoms with Crippen molar-refractivity contribution in [2.75, 3.05) is 0 Å². The SMILES string of the molecule is Cn1ccnc1-c1nccn1-c1cc(C(C)(C)C)ccc1O. The summed E-state index contributed by atoms with van der Waals surface area (Å²) in [5.74, 6) is 1.68. The standard InChI is InChI=1S/C17H20N4O/c1-17(2,3)12-5-6-14(22)13(11-12)21-10-8-19-16(21)15-18-7-9-20(15)4/h5-11,22H,1-4H3. The third-order valence-corrected chi connectivity index (χ3v) is 3.76. The molecule has 114 valence electrons. The fourth-order valence-corrected chi connectivity index (χ4v) is 2.43. The van der Waals surface area contributed by atoms with E-state index in [1.165, 1.54) is 0 Å². The zero-order chi connectivity index (χ0) is 15.9. The third kappa shape index (κ3) is 2.39. The quantitative estimate of drug-likeness (QED) is 0.789. The highest BCUT2D eigenvalue weighted by molar-refractivity contribution is 5.57. The Morgan fingerprint density at radius 3 is 2.32 bits per heavy atom. The molecule has 1 N–H and O–H groups in total. The molecule has 0 saturated carbocycles. The van der Waals surface area contributed by atoms with Crippen molar-refractivity contribution in [3.8, 4) is 23.1 Å². The Balaban J connectivity index is 2.18. The summed E-state index contributed by atoms with van der Waals surface area (Å²) >= 11 is 0. The van der Waals surface area contributed by atoms with E-state index in [1.54, 1.807) is 18.5 Å². The van der Waals surface area contributed by atoms with Crippen LogP contribution in [0.3, 0.4) is 0 Å². The topological polar surface area (TPSA) is 55.9 Å². The monoisotopic (exact) mass is 296 g/mol. The number of aromatic nitrogens is 4. The number of hydrogen-bond acceptors (Lipinski definition) is 3. The largest absolute Gasteiger partial charge is 0.506 e. The van der Waals surface area contributed by atoms with Gasteiger partial charge in [-0.15, -0.1) is 0 Å². The zero-order valence-electron chi connectivity index (χ0n) is 13.3. The van der Waals surface area contributed by atoms with Gasteiger partial charge in [-0.3, -0.25) is 4.57 Å². The average Bonchev–Trinajstić information content (AvgIpc) is 3.06. The van der Waals surface area contributed by atoms with Gasteiger partial charge in [0.15, 0.2) is 11.6 Å². The first kappa shape index (κ1) is 14.4. The molecule has 22 heavy (non-hydrogen) atoms.